The molecule has 0 amide bonds. The molecule has 0 aromatic heterocycles. The summed E-state index contributed by atoms with van der Waals surface area (Å²) < 4.78 is 18.8. The molecular formula is C13H8ClFN2O. The molecule has 0 fully saturated rings. The fourth-order valence-corrected chi connectivity index (χ4v) is 1.61. The topological polar surface area (TPSA) is 59.0 Å². The van der Waals surface area contributed by atoms with Crippen molar-refractivity contribution >= 4 is 17.3 Å². The van der Waals surface area contributed by atoms with Gasteiger partial charge in [-0.25, -0.2) is 4.39 Å². The number of hydrogen-bond acceptors (Lipinski definition) is 3. The second-order valence-electron chi connectivity index (χ2n) is 3.51. The van der Waals surface area contributed by atoms with Crippen molar-refractivity contribution in [1.82, 2.24) is 0 Å². The van der Waals surface area contributed by atoms with Crippen molar-refractivity contribution in [3.63, 3.8) is 0 Å². The van der Waals surface area contributed by atoms with E-state index in [0.717, 1.165) is 0 Å². The van der Waals surface area contributed by atoms with E-state index < -0.39 is 5.82 Å². The Balaban J connectivity index is 2.41. The molecule has 0 bridgehead atoms. The molecule has 0 saturated carbocycles. The SMILES string of the molecule is N#Cc1c(F)cccc1Oc1ccc(Cl)cc1N. The Hall–Kier alpha value is -2.25. The molecule has 2 aromatic carbocycles. The zero-order valence-corrected chi connectivity index (χ0v) is 9.91. The second-order valence-corrected chi connectivity index (χ2v) is 3.95. The number of rotatable bonds is 2. The van der Waals surface area contributed by atoms with Crippen LogP contribution < -0.4 is 10.5 Å². The predicted molar refractivity (Wildman–Crippen MR) is 67.1 cm³/mol. The van der Waals surface area contributed by atoms with Crippen molar-refractivity contribution in [2.45, 2.75) is 0 Å². The van der Waals surface area contributed by atoms with Gasteiger partial charge in [0, 0.05) is 5.02 Å². The van der Waals surface area contributed by atoms with Gasteiger partial charge in [0.1, 0.15) is 28.9 Å². The molecule has 90 valence electrons. The average molecular weight is 263 g/mol. The lowest BCUT2D eigenvalue weighted by Gasteiger charge is -2.10. The van der Waals surface area contributed by atoms with Crippen LogP contribution in [0.3, 0.4) is 0 Å². The van der Waals surface area contributed by atoms with Crippen LogP contribution in [-0.4, -0.2) is 0 Å². The normalized spacial score (nSPS) is 9.83. The minimum atomic E-state index is -0.637. The zero-order valence-electron chi connectivity index (χ0n) is 9.15. The van der Waals surface area contributed by atoms with E-state index in [1.165, 1.54) is 24.3 Å². The second kappa shape index (κ2) is 4.94. The Bertz CT molecular complexity index is 637. The van der Waals surface area contributed by atoms with Gasteiger partial charge in [-0.15, -0.1) is 0 Å². The largest absolute Gasteiger partial charge is 0.454 e. The van der Waals surface area contributed by atoms with Gasteiger partial charge in [0.25, 0.3) is 0 Å². The van der Waals surface area contributed by atoms with E-state index in [1.54, 1.807) is 18.2 Å². The summed E-state index contributed by atoms with van der Waals surface area (Å²) in [5.41, 5.74) is 5.87. The monoisotopic (exact) mass is 262 g/mol. The molecule has 0 radical (unpaired) electrons. The van der Waals surface area contributed by atoms with Gasteiger partial charge >= 0.3 is 0 Å². The molecule has 0 unspecified atom stereocenters. The van der Waals surface area contributed by atoms with E-state index >= 15 is 0 Å². The number of nitrogens with zero attached hydrogens (tertiary/aromatic N) is 1. The fourth-order valence-electron chi connectivity index (χ4n) is 1.43. The van der Waals surface area contributed by atoms with Crippen molar-refractivity contribution in [3.05, 3.63) is 52.8 Å². The van der Waals surface area contributed by atoms with E-state index in [-0.39, 0.29) is 11.3 Å². The molecule has 3 nitrogen and oxygen atoms in total. The summed E-state index contributed by atoms with van der Waals surface area (Å²) >= 11 is 5.76. The molecule has 2 rings (SSSR count). The summed E-state index contributed by atoms with van der Waals surface area (Å²) in [6.07, 6.45) is 0. The molecule has 0 spiro atoms. The molecule has 0 aliphatic rings. The molecule has 0 atom stereocenters. The first-order valence-corrected chi connectivity index (χ1v) is 5.41. The van der Waals surface area contributed by atoms with Crippen LogP contribution in [0.5, 0.6) is 11.5 Å². The maximum Gasteiger partial charge on any atom is 0.150 e. The first kappa shape index (κ1) is 12.2. The minimum Gasteiger partial charge on any atom is -0.454 e. The molecule has 0 heterocycles. The van der Waals surface area contributed by atoms with Crippen LogP contribution in [0.25, 0.3) is 0 Å². The Kier molecular flexibility index (Phi) is 3.35. The summed E-state index contributed by atoms with van der Waals surface area (Å²) in [6, 6.07) is 10.6. The van der Waals surface area contributed by atoms with Crippen LogP contribution in [0.4, 0.5) is 10.1 Å². The first-order valence-electron chi connectivity index (χ1n) is 5.03. The number of benzene rings is 2. The van der Waals surface area contributed by atoms with Gasteiger partial charge in [0.15, 0.2) is 0 Å². The standard InChI is InChI=1S/C13H8ClFN2O/c14-8-4-5-13(11(17)6-8)18-12-3-1-2-10(15)9(12)7-16/h1-6H,17H2. The Morgan fingerprint density at radius 2 is 2.00 bits per heavy atom. The van der Waals surface area contributed by atoms with E-state index in [9.17, 15) is 4.39 Å². The van der Waals surface area contributed by atoms with Crippen molar-refractivity contribution in [1.29, 1.82) is 5.26 Å². The lowest BCUT2D eigenvalue weighted by molar-refractivity contribution is 0.476. The number of nitrogen functional groups attached to an aromatic ring is 1. The van der Waals surface area contributed by atoms with Crippen LogP contribution in [0.15, 0.2) is 36.4 Å². The molecular weight excluding hydrogens is 255 g/mol. The van der Waals surface area contributed by atoms with Crippen molar-refractivity contribution in [3.8, 4) is 17.6 Å². The van der Waals surface area contributed by atoms with Crippen LogP contribution in [0.2, 0.25) is 5.02 Å². The van der Waals surface area contributed by atoms with Gasteiger partial charge in [-0.2, -0.15) is 5.26 Å². The number of nitrogens with two attached hydrogens (primary N) is 1. The van der Waals surface area contributed by atoms with Crippen LogP contribution in [0, 0.1) is 17.1 Å². The highest BCUT2D eigenvalue weighted by Crippen LogP contribution is 2.32. The van der Waals surface area contributed by atoms with Gasteiger partial charge in [-0.05, 0) is 30.3 Å². The van der Waals surface area contributed by atoms with Crippen LogP contribution in [-0.2, 0) is 0 Å². The van der Waals surface area contributed by atoms with Gasteiger partial charge in [-0.3, -0.25) is 0 Å². The molecule has 5 heteroatoms. The quantitative estimate of drug-likeness (QED) is 0.839. The number of nitriles is 1. The number of ether oxygens (including phenoxy) is 1. The summed E-state index contributed by atoms with van der Waals surface area (Å²) in [5.74, 6) is -0.199. The summed E-state index contributed by atoms with van der Waals surface area (Å²) in [4.78, 5) is 0. The predicted octanol–water partition coefficient (Wildman–Crippen LogP) is 3.73. The van der Waals surface area contributed by atoms with Crippen molar-refractivity contribution in [2.75, 3.05) is 5.73 Å². The molecule has 2 aromatic rings. The number of anilines is 1. The Morgan fingerprint density at radius 1 is 1.22 bits per heavy atom. The Morgan fingerprint density at radius 3 is 2.67 bits per heavy atom. The number of halogens is 2. The summed E-state index contributed by atoms with van der Waals surface area (Å²) in [7, 11) is 0. The fraction of sp³-hybridized carbons (Fsp3) is 0. The average Bonchev–Trinajstić information content (AvgIpc) is 2.33. The van der Waals surface area contributed by atoms with Crippen LogP contribution >= 0.6 is 11.6 Å². The zero-order chi connectivity index (χ0) is 13.1. The van der Waals surface area contributed by atoms with Gasteiger partial charge in [-0.1, -0.05) is 17.7 Å². The lowest BCUT2D eigenvalue weighted by atomic mass is 10.2. The molecule has 0 aliphatic heterocycles. The maximum absolute atomic E-state index is 13.4. The third-order valence-corrected chi connectivity index (χ3v) is 2.51. The summed E-state index contributed by atoms with van der Waals surface area (Å²) in [6.45, 7) is 0. The summed E-state index contributed by atoms with van der Waals surface area (Å²) in [5, 5.41) is 9.34. The molecule has 18 heavy (non-hydrogen) atoms. The van der Waals surface area contributed by atoms with Crippen LogP contribution in [0.1, 0.15) is 5.56 Å². The minimum absolute atomic E-state index is 0.117. The van der Waals surface area contributed by atoms with E-state index in [1.807, 2.05) is 0 Å². The van der Waals surface area contributed by atoms with Gasteiger partial charge in [0.2, 0.25) is 0 Å². The Labute approximate surface area is 108 Å². The number of hydrogen-bond donors (Lipinski definition) is 1. The van der Waals surface area contributed by atoms with E-state index in [0.29, 0.717) is 16.5 Å². The highest BCUT2D eigenvalue weighted by Gasteiger charge is 2.11. The third kappa shape index (κ3) is 2.36. The molecule has 2 N–H and O–H groups in total. The van der Waals surface area contributed by atoms with Gasteiger partial charge in [0.05, 0.1) is 5.69 Å². The molecule has 0 saturated heterocycles. The first-order chi connectivity index (χ1) is 8.61. The highest BCUT2D eigenvalue weighted by atomic mass is 35.5. The van der Waals surface area contributed by atoms with Crippen molar-refractivity contribution < 1.29 is 9.13 Å². The highest BCUT2D eigenvalue weighted by molar-refractivity contribution is 6.30. The lowest BCUT2D eigenvalue weighted by Crippen LogP contribution is -1.95. The third-order valence-electron chi connectivity index (χ3n) is 2.28. The molecule has 0 aliphatic carbocycles. The maximum atomic E-state index is 13.4. The van der Waals surface area contributed by atoms with Crippen molar-refractivity contribution in [2.24, 2.45) is 0 Å². The van der Waals surface area contributed by atoms with E-state index in [4.69, 9.17) is 27.3 Å². The smallest absolute Gasteiger partial charge is 0.150 e. The van der Waals surface area contributed by atoms with Gasteiger partial charge < -0.3 is 10.5 Å². The van der Waals surface area contributed by atoms with E-state index in [2.05, 4.69) is 0 Å².